The molecule has 0 aliphatic rings. The lowest BCUT2D eigenvalue weighted by Crippen LogP contribution is -2.14. The van der Waals surface area contributed by atoms with Crippen molar-refractivity contribution in [2.45, 2.75) is 32.7 Å². The first-order chi connectivity index (χ1) is 9.06. The lowest BCUT2D eigenvalue weighted by atomic mass is 10.1. The summed E-state index contributed by atoms with van der Waals surface area (Å²) >= 11 is 0. The van der Waals surface area contributed by atoms with E-state index < -0.39 is 0 Å². The summed E-state index contributed by atoms with van der Waals surface area (Å²) in [6.07, 6.45) is 2.19. The summed E-state index contributed by atoms with van der Waals surface area (Å²) < 4.78 is 1.78. The first-order valence-electron chi connectivity index (χ1n) is 6.30. The Morgan fingerprint density at radius 3 is 2.58 bits per heavy atom. The minimum atomic E-state index is 0.125. The number of hydrogen-bond donors (Lipinski definition) is 1. The van der Waals surface area contributed by atoms with Crippen LogP contribution in [0.15, 0.2) is 30.6 Å². The van der Waals surface area contributed by atoms with E-state index in [1.165, 1.54) is 6.33 Å². The molecule has 2 N–H and O–H groups in total. The van der Waals surface area contributed by atoms with Gasteiger partial charge in [-0.1, -0.05) is 12.1 Å². The number of benzene rings is 1. The normalized spacial score (nSPS) is 10.9. The van der Waals surface area contributed by atoms with E-state index in [1.807, 2.05) is 26.0 Å². The predicted octanol–water partition coefficient (Wildman–Crippen LogP) is 1.80. The number of carbonyl (C=O) groups is 1. The van der Waals surface area contributed by atoms with Gasteiger partial charge in [0.1, 0.15) is 17.9 Å². The summed E-state index contributed by atoms with van der Waals surface area (Å²) in [5, 5.41) is 4.12. The van der Waals surface area contributed by atoms with Crippen LogP contribution in [-0.2, 0) is 17.6 Å². The monoisotopic (exact) mass is 258 g/mol. The second-order valence-electron chi connectivity index (χ2n) is 4.85. The third kappa shape index (κ3) is 3.40. The van der Waals surface area contributed by atoms with Crippen molar-refractivity contribution in [3.63, 3.8) is 0 Å². The van der Waals surface area contributed by atoms with Gasteiger partial charge < -0.3 is 5.73 Å². The molecule has 5 heteroatoms. The Morgan fingerprint density at radius 2 is 1.95 bits per heavy atom. The van der Waals surface area contributed by atoms with Gasteiger partial charge in [-0.2, -0.15) is 5.10 Å². The number of hydrogen-bond acceptors (Lipinski definition) is 4. The van der Waals surface area contributed by atoms with E-state index in [0.717, 1.165) is 11.4 Å². The Kier molecular flexibility index (Phi) is 3.94. The summed E-state index contributed by atoms with van der Waals surface area (Å²) in [6, 6.07) is 7.57. The van der Waals surface area contributed by atoms with Gasteiger partial charge in [-0.3, -0.25) is 4.79 Å². The lowest BCUT2D eigenvalue weighted by molar-refractivity contribution is -0.117. The number of nitrogens with zero attached hydrogens (tertiary/aromatic N) is 3. The quantitative estimate of drug-likeness (QED) is 0.830. The Balaban J connectivity index is 2.01. The molecule has 1 heterocycles. The van der Waals surface area contributed by atoms with Gasteiger partial charge in [-0.05, 0) is 31.5 Å². The average Bonchev–Trinajstić information content (AvgIpc) is 2.80. The second-order valence-corrected chi connectivity index (χ2v) is 4.85. The van der Waals surface area contributed by atoms with Crippen LogP contribution >= 0.6 is 0 Å². The van der Waals surface area contributed by atoms with Crippen LogP contribution in [-0.4, -0.2) is 20.5 Å². The highest BCUT2D eigenvalue weighted by atomic mass is 16.1. The van der Waals surface area contributed by atoms with Crippen molar-refractivity contribution in [2.24, 2.45) is 0 Å². The van der Waals surface area contributed by atoms with Gasteiger partial charge in [0.15, 0.2) is 0 Å². The topological polar surface area (TPSA) is 73.8 Å². The molecule has 0 unspecified atom stereocenters. The number of aromatic nitrogens is 3. The summed E-state index contributed by atoms with van der Waals surface area (Å²) in [6.45, 7) is 4.03. The molecule has 5 nitrogen and oxygen atoms in total. The number of anilines is 1. The van der Waals surface area contributed by atoms with Crippen LogP contribution in [0, 0.1) is 0 Å². The molecule has 19 heavy (non-hydrogen) atoms. The Morgan fingerprint density at radius 1 is 1.26 bits per heavy atom. The second kappa shape index (κ2) is 5.65. The molecule has 0 atom stereocenters. The number of ketones is 1. The average molecular weight is 258 g/mol. The molecule has 0 fully saturated rings. The standard InChI is InChI=1S/C14H18N4O/c1-10(2)18-14(16-9-17-18)8-13(19)7-11-3-5-12(15)6-4-11/h3-6,9-10H,7-8,15H2,1-2H3. The zero-order chi connectivity index (χ0) is 13.8. The van der Waals surface area contributed by atoms with E-state index in [1.54, 1.807) is 16.8 Å². The fourth-order valence-corrected chi connectivity index (χ4v) is 1.93. The third-order valence-electron chi connectivity index (χ3n) is 2.87. The van der Waals surface area contributed by atoms with Crippen molar-refractivity contribution in [1.82, 2.24) is 14.8 Å². The minimum absolute atomic E-state index is 0.125. The number of Topliss-reactive ketones (excluding diaryl/α,β-unsaturated/α-hetero) is 1. The molecule has 0 aliphatic heterocycles. The Labute approximate surface area is 112 Å². The maximum atomic E-state index is 12.0. The molecule has 0 amide bonds. The SMILES string of the molecule is CC(C)n1ncnc1CC(=O)Cc1ccc(N)cc1. The summed E-state index contributed by atoms with van der Waals surface area (Å²) in [7, 11) is 0. The van der Waals surface area contributed by atoms with Gasteiger partial charge in [0.25, 0.3) is 0 Å². The van der Waals surface area contributed by atoms with Crippen molar-refractivity contribution in [2.75, 3.05) is 5.73 Å². The maximum absolute atomic E-state index is 12.0. The fraction of sp³-hybridized carbons (Fsp3) is 0.357. The van der Waals surface area contributed by atoms with Gasteiger partial charge in [-0.15, -0.1) is 0 Å². The predicted molar refractivity (Wildman–Crippen MR) is 73.7 cm³/mol. The van der Waals surface area contributed by atoms with Gasteiger partial charge in [0.05, 0.1) is 6.42 Å². The van der Waals surface area contributed by atoms with E-state index in [4.69, 9.17) is 5.73 Å². The number of nitrogens with two attached hydrogens (primary N) is 1. The highest BCUT2D eigenvalue weighted by Gasteiger charge is 2.12. The van der Waals surface area contributed by atoms with E-state index in [-0.39, 0.29) is 11.8 Å². The number of rotatable bonds is 5. The Hall–Kier alpha value is -2.17. The van der Waals surface area contributed by atoms with Crippen molar-refractivity contribution in [3.05, 3.63) is 42.0 Å². The molecule has 0 spiro atoms. The molecular formula is C14H18N4O. The Bertz CT molecular complexity index is 557. The molecule has 0 bridgehead atoms. The van der Waals surface area contributed by atoms with Crippen molar-refractivity contribution < 1.29 is 4.79 Å². The van der Waals surface area contributed by atoms with Crippen LogP contribution in [0.4, 0.5) is 5.69 Å². The van der Waals surface area contributed by atoms with Crippen molar-refractivity contribution in [1.29, 1.82) is 0 Å². The van der Waals surface area contributed by atoms with Gasteiger partial charge >= 0.3 is 0 Å². The van der Waals surface area contributed by atoms with Crippen LogP contribution in [0.25, 0.3) is 0 Å². The number of nitrogen functional groups attached to an aromatic ring is 1. The van der Waals surface area contributed by atoms with E-state index in [0.29, 0.717) is 18.5 Å². The van der Waals surface area contributed by atoms with Crippen molar-refractivity contribution in [3.8, 4) is 0 Å². The van der Waals surface area contributed by atoms with Crippen LogP contribution in [0.3, 0.4) is 0 Å². The van der Waals surface area contributed by atoms with Crippen LogP contribution in [0.5, 0.6) is 0 Å². The molecule has 2 aromatic rings. The molecule has 0 aliphatic carbocycles. The first kappa shape index (κ1) is 13.3. The molecule has 1 aromatic heterocycles. The highest BCUT2D eigenvalue weighted by molar-refractivity contribution is 5.82. The molecule has 2 rings (SSSR count). The molecule has 0 saturated heterocycles. The zero-order valence-electron chi connectivity index (χ0n) is 11.2. The summed E-state index contributed by atoms with van der Waals surface area (Å²) in [5.41, 5.74) is 7.29. The van der Waals surface area contributed by atoms with Crippen LogP contribution in [0.2, 0.25) is 0 Å². The van der Waals surface area contributed by atoms with E-state index in [9.17, 15) is 4.79 Å². The lowest BCUT2D eigenvalue weighted by Gasteiger charge is -2.08. The van der Waals surface area contributed by atoms with Crippen LogP contribution in [0.1, 0.15) is 31.3 Å². The molecule has 100 valence electrons. The van der Waals surface area contributed by atoms with Crippen molar-refractivity contribution >= 4 is 11.5 Å². The minimum Gasteiger partial charge on any atom is -0.399 e. The third-order valence-corrected chi connectivity index (χ3v) is 2.87. The highest BCUT2D eigenvalue weighted by Crippen LogP contribution is 2.10. The maximum Gasteiger partial charge on any atom is 0.144 e. The fourth-order valence-electron chi connectivity index (χ4n) is 1.93. The molecule has 1 aromatic carbocycles. The number of carbonyl (C=O) groups excluding carboxylic acids is 1. The smallest absolute Gasteiger partial charge is 0.144 e. The van der Waals surface area contributed by atoms with E-state index in [2.05, 4.69) is 10.1 Å². The zero-order valence-corrected chi connectivity index (χ0v) is 11.2. The molecule has 0 saturated carbocycles. The molecular weight excluding hydrogens is 240 g/mol. The first-order valence-corrected chi connectivity index (χ1v) is 6.30. The van der Waals surface area contributed by atoms with Crippen LogP contribution < -0.4 is 5.73 Å². The van der Waals surface area contributed by atoms with E-state index >= 15 is 0 Å². The van der Waals surface area contributed by atoms with Gasteiger partial charge in [-0.25, -0.2) is 9.67 Å². The van der Waals surface area contributed by atoms with Gasteiger partial charge in [0.2, 0.25) is 0 Å². The largest absolute Gasteiger partial charge is 0.399 e. The molecule has 0 radical (unpaired) electrons. The summed E-state index contributed by atoms with van der Waals surface area (Å²) in [5.74, 6) is 0.843. The summed E-state index contributed by atoms with van der Waals surface area (Å²) in [4.78, 5) is 16.2. The van der Waals surface area contributed by atoms with Gasteiger partial charge in [0, 0.05) is 18.2 Å².